The van der Waals surface area contributed by atoms with Gasteiger partial charge >= 0.3 is 23.9 Å². The molecule has 61 heavy (non-hydrogen) atoms. The van der Waals surface area contributed by atoms with Gasteiger partial charge in [-0.25, -0.2) is 19.2 Å². The van der Waals surface area contributed by atoms with E-state index >= 15 is 0 Å². The maximum Gasteiger partial charge on any atom is 0.337 e. The molecule has 0 bridgehead atoms. The maximum atomic E-state index is 11.6. The predicted octanol–water partition coefficient (Wildman–Crippen LogP) is 3.26. The van der Waals surface area contributed by atoms with Gasteiger partial charge in [-0.05, 0) is 49.2 Å². The number of epoxide rings is 1. The number of carbonyl (C=O) groups is 4. The molecular weight excluding hydrogens is 800 g/mol. The van der Waals surface area contributed by atoms with Crippen molar-refractivity contribution in [3.63, 3.8) is 0 Å². The molecule has 4 aliphatic carbocycles. The smallest absolute Gasteiger partial charge is 0.337 e. The van der Waals surface area contributed by atoms with Crippen LogP contribution in [0.4, 0.5) is 0 Å². The average molecular weight is 851 g/mol. The minimum Gasteiger partial charge on any atom is -0.472 e. The standard InChI is InChI=1S/C11H12O5.C11H14O4.2C11H12O4/c1-13-9(12)6-3-14-10-8-5(6)2-7-11(8,16-7)4-15-10;3*1-13-10(12)8-5-15-11-9-6(4-14-11)2-3-7(8)9/h3,5,7-8,10H,2,4H2,1H3;5-7,9,11H,2-4H2,1H3;2*2,5,7,9,11H,3-4H2,1H3/t5-,7+,8-,10-,11+;6-,7+,9+,11-;2*7-,9-,11?/m1011/s1. The molecule has 0 radical (unpaired) electrons. The lowest BCUT2D eigenvalue weighted by Crippen LogP contribution is -2.36. The van der Waals surface area contributed by atoms with Crippen LogP contribution in [0.25, 0.3) is 0 Å². The highest BCUT2D eigenvalue weighted by molar-refractivity contribution is 5.90. The first-order chi connectivity index (χ1) is 29.7. The van der Waals surface area contributed by atoms with Gasteiger partial charge in [-0.1, -0.05) is 12.2 Å². The Labute approximate surface area is 351 Å². The van der Waals surface area contributed by atoms with Crippen molar-refractivity contribution in [3.8, 4) is 0 Å². The number of esters is 4. The van der Waals surface area contributed by atoms with Crippen molar-refractivity contribution in [1.29, 1.82) is 0 Å². The second-order valence-electron chi connectivity index (χ2n) is 17.3. The van der Waals surface area contributed by atoms with Gasteiger partial charge in [-0.3, -0.25) is 0 Å². The fraction of sp³-hybridized carbons (Fsp3) is 0.636. The molecule has 17 nitrogen and oxygen atoms in total. The lowest BCUT2D eigenvalue weighted by molar-refractivity contribution is -0.143. The second-order valence-corrected chi connectivity index (χ2v) is 17.3. The summed E-state index contributed by atoms with van der Waals surface area (Å²) >= 11 is 0. The molecule has 15 atom stereocenters. The third kappa shape index (κ3) is 6.60. The number of methoxy groups -OCH3 is 4. The van der Waals surface area contributed by atoms with E-state index < -0.39 is 0 Å². The van der Waals surface area contributed by atoms with E-state index in [1.807, 2.05) is 0 Å². The quantitative estimate of drug-likeness (QED) is 0.173. The van der Waals surface area contributed by atoms with Crippen molar-refractivity contribution in [3.05, 3.63) is 70.6 Å². The lowest BCUT2D eigenvalue weighted by atomic mass is 9.83. The van der Waals surface area contributed by atoms with Crippen LogP contribution in [0.15, 0.2) is 70.6 Å². The normalized spacial score (nSPS) is 41.6. The predicted molar refractivity (Wildman–Crippen MR) is 202 cm³/mol. The summed E-state index contributed by atoms with van der Waals surface area (Å²) in [5.41, 5.74) is 4.95. The molecule has 0 aromatic carbocycles. The van der Waals surface area contributed by atoms with E-state index in [9.17, 15) is 19.2 Å². The molecule has 2 unspecified atom stereocenters. The average Bonchev–Trinajstić information content (AvgIpc) is 4.12. The minimum absolute atomic E-state index is 0.129. The fourth-order valence-corrected chi connectivity index (χ4v) is 11.7. The molecule has 13 aliphatic rings. The Morgan fingerprint density at radius 1 is 0.574 bits per heavy atom. The van der Waals surface area contributed by atoms with E-state index in [0.717, 1.165) is 38.7 Å². The van der Waals surface area contributed by atoms with Gasteiger partial charge in [0.15, 0.2) is 0 Å². The first-order valence-corrected chi connectivity index (χ1v) is 21.0. The van der Waals surface area contributed by atoms with Gasteiger partial charge < -0.3 is 61.6 Å². The number of ether oxygens (including phenoxy) is 13. The highest BCUT2D eigenvalue weighted by Gasteiger charge is 2.76. The van der Waals surface area contributed by atoms with Crippen molar-refractivity contribution < 1.29 is 80.8 Å². The molecule has 0 aromatic rings. The molecule has 17 heteroatoms. The van der Waals surface area contributed by atoms with Crippen LogP contribution in [0.5, 0.6) is 0 Å². The first-order valence-electron chi connectivity index (χ1n) is 21.0. The number of carbonyl (C=O) groups excluding carboxylic acids is 4. The van der Waals surface area contributed by atoms with Crippen molar-refractivity contribution in [1.82, 2.24) is 0 Å². The zero-order chi connectivity index (χ0) is 42.2. The SMILES string of the molecule is COC(=O)C1=COC2OCC3=CC[C@H]1[C@@H]32.COC(=O)C1=COC2OCC3=CC[C@H]1[C@@H]32.COC(=O)C1=CO[C@@H]2OC[C@@H]3CC[C@H]1[C@@H]32.COC(=O)C1=CO[C@@H]2OC[C@]34O[C@H]3C[C@H]1[C@H]24. The topological polar surface area (TPSA) is 192 Å². The van der Waals surface area contributed by atoms with Crippen molar-refractivity contribution in [2.24, 2.45) is 53.3 Å². The van der Waals surface area contributed by atoms with Gasteiger partial charge in [0.25, 0.3) is 0 Å². The summed E-state index contributed by atoms with van der Waals surface area (Å²) in [7, 11) is 5.59. The third-order valence-electron chi connectivity index (χ3n) is 14.7. The molecule has 5 saturated heterocycles. The Bertz CT molecular complexity index is 1920. The maximum absolute atomic E-state index is 11.6. The second kappa shape index (κ2) is 15.9. The van der Waals surface area contributed by atoms with Gasteiger partial charge in [0.2, 0.25) is 25.2 Å². The van der Waals surface area contributed by atoms with Crippen LogP contribution in [0.3, 0.4) is 0 Å². The summed E-state index contributed by atoms with van der Waals surface area (Å²) in [6, 6.07) is 0. The zero-order valence-electron chi connectivity index (χ0n) is 34.4. The Kier molecular flexibility index (Phi) is 10.5. The molecule has 328 valence electrons. The largest absolute Gasteiger partial charge is 0.472 e. The van der Waals surface area contributed by atoms with E-state index in [1.165, 1.54) is 64.6 Å². The minimum atomic E-state index is -0.299. The Morgan fingerprint density at radius 2 is 1.07 bits per heavy atom. The van der Waals surface area contributed by atoms with E-state index in [4.69, 9.17) is 61.6 Å². The van der Waals surface area contributed by atoms with Crippen molar-refractivity contribution >= 4 is 23.9 Å². The molecule has 9 aliphatic heterocycles. The Morgan fingerprint density at radius 3 is 1.61 bits per heavy atom. The van der Waals surface area contributed by atoms with Crippen LogP contribution in [-0.2, 0) is 80.8 Å². The summed E-state index contributed by atoms with van der Waals surface area (Å²) in [5, 5.41) is 0. The van der Waals surface area contributed by atoms with Crippen LogP contribution in [0.2, 0.25) is 0 Å². The molecule has 0 N–H and O–H groups in total. The molecule has 2 saturated carbocycles. The van der Waals surface area contributed by atoms with Gasteiger partial charge in [0.05, 0.1) is 126 Å². The van der Waals surface area contributed by atoms with Crippen LogP contribution >= 0.6 is 0 Å². The Hall–Kier alpha value is -4.68. The molecule has 9 heterocycles. The van der Waals surface area contributed by atoms with E-state index in [1.54, 1.807) is 0 Å². The highest BCUT2D eigenvalue weighted by atomic mass is 16.7. The van der Waals surface area contributed by atoms with E-state index in [-0.39, 0.29) is 102 Å². The fourth-order valence-electron chi connectivity index (χ4n) is 11.7. The van der Waals surface area contributed by atoms with Crippen molar-refractivity contribution in [2.75, 3.05) is 54.9 Å². The van der Waals surface area contributed by atoms with Gasteiger partial charge in [0, 0.05) is 29.6 Å². The Balaban J connectivity index is 0.0000000974. The van der Waals surface area contributed by atoms with E-state index in [2.05, 4.69) is 12.2 Å². The summed E-state index contributed by atoms with van der Waals surface area (Å²) in [6.45, 7) is 2.63. The number of hydrogen-bond acceptors (Lipinski definition) is 17. The third-order valence-corrected chi connectivity index (χ3v) is 14.7. The summed E-state index contributed by atoms with van der Waals surface area (Å²) in [4.78, 5) is 46.2. The summed E-state index contributed by atoms with van der Waals surface area (Å²) < 4.78 is 68.4. The lowest BCUT2D eigenvalue weighted by Gasteiger charge is -2.30. The van der Waals surface area contributed by atoms with Crippen LogP contribution in [0, 0.1) is 53.3 Å². The molecule has 13 rings (SSSR count). The molecular formula is C44H50O17. The molecule has 0 aromatic heterocycles. The zero-order valence-corrected chi connectivity index (χ0v) is 34.4. The van der Waals surface area contributed by atoms with Crippen LogP contribution in [-0.4, -0.2) is 116 Å². The molecule has 7 fully saturated rings. The summed E-state index contributed by atoms with van der Waals surface area (Å²) in [5.74, 6) is 1.23. The number of hydrogen-bond donors (Lipinski definition) is 0. The monoisotopic (exact) mass is 850 g/mol. The number of allylic oxidation sites excluding steroid dienone is 2. The van der Waals surface area contributed by atoms with Gasteiger partial charge in [-0.15, -0.1) is 0 Å². The number of rotatable bonds is 4. The molecule has 1 spiro atoms. The highest BCUT2D eigenvalue weighted by Crippen LogP contribution is 2.64. The van der Waals surface area contributed by atoms with Gasteiger partial charge in [0.1, 0.15) is 5.60 Å². The van der Waals surface area contributed by atoms with Crippen molar-refractivity contribution in [2.45, 2.75) is 69.0 Å². The summed E-state index contributed by atoms with van der Waals surface area (Å²) in [6.07, 6.45) is 14.7. The van der Waals surface area contributed by atoms with Crippen LogP contribution in [0.1, 0.15) is 32.1 Å². The molecule has 0 amide bonds. The van der Waals surface area contributed by atoms with Crippen LogP contribution < -0.4 is 0 Å². The van der Waals surface area contributed by atoms with E-state index in [0.29, 0.717) is 53.9 Å². The first kappa shape index (κ1) is 40.4. The van der Waals surface area contributed by atoms with Gasteiger partial charge in [-0.2, -0.15) is 0 Å².